The topological polar surface area (TPSA) is 109 Å². The molecule has 0 unspecified atom stereocenters. The number of pyridine rings is 1. The highest BCUT2D eigenvalue weighted by molar-refractivity contribution is 6.06. The molecule has 0 saturated carbocycles. The molecular weight excluding hydrogens is 416 g/mol. The molecule has 3 N–H and O–H groups in total. The van der Waals surface area contributed by atoms with Crippen molar-refractivity contribution < 1.29 is 9.59 Å². The summed E-state index contributed by atoms with van der Waals surface area (Å²) >= 11 is 0. The SMILES string of the molecule is CNC(=O)c1ccnc2c(CCNc3cc(-c4ccc(NC(C)=O)cc4)ncn3)cccc12. The van der Waals surface area contributed by atoms with Crippen LogP contribution in [-0.4, -0.2) is 40.4 Å². The normalized spacial score (nSPS) is 10.6. The maximum Gasteiger partial charge on any atom is 0.251 e. The molecule has 0 atom stereocenters. The molecule has 0 aliphatic heterocycles. The summed E-state index contributed by atoms with van der Waals surface area (Å²) in [6.45, 7) is 2.12. The number of carbonyl (C=O) groups is 2. The Labute approximate surface area is 191 Å². The monoisotopic (exact) mass is 440 g/mol. The first kappa shape index (κ1) is 21.9. The zero-order valence-electron chi connectivity index (χ0n) is 18.4. The Morgan fingerprint density at radius 1 is 0.970 bits per heavy atom. The molecule has 4 aromatic rings. The van der Waals surface area contributed by atoms with Crippen LogP contribution in [-0.2, 0) is 11.2 Å². The number of para-hydroxylation sites is 1. The van der Waals surface area contributed by atoms with Gasteiger partial charge in [0.2, 0.25) is 5.91 Å². The number of benzene rings is 2. The smallest absolute Gasteiger partial charge is 0.251 e. The number of amides is 2. The van der Waals surface area contributed by atoms with Crippen LogP contribution in [0.25, 0.3) is 22.2 Å². The van der Waals surface area contributed by atoms with E-state index in [1.807, 2.05) is 48.5 Å². The van der Waals surface area contributed by atoms with Crippen LogP contribution in [0.3, 0.4) is 0 Å². The molecule has 0 bridgehead atoms. The lowest BCUT2D eigenvalue weighted by molar-refractivity contribution is -0.114. The predicted molar refractivity (Wildman–Crippen MR) is 129 cm³/mol. The maximum atomic E-state index is 12.2. The third-order valence-electron chi connectivity index (χ3n) is 5.19. The lowest BCUT2D eigenvalue weighted by Crippen LogP contribution is -2.18. The first-order chi connectivity index (χ1) is 16.0. The maximum absolute atomic E-state index is 12.2. The van der Waals surface area contributed by atoms with E-state index in [2.05, 4.69) is 30.9 Å². The molecule has 4 rings (SSSR count). The Morgan fingerprint density at radius 3 is 2.55 bits per heavy atom. The zero-order valence-corrected chi connectivity index (χ0v) is 18.4. The van der Waals surface area contributed by atoms with Crippen LogP contribution >= 0.6 is 0 Å². The molecular formula is C25H24N6O2. The molecule has 2 aromatic heterocycles. The van der Waals surface area contributed by atoms with Crippen molar-refractivity contribution in [2.75, 3.05) is 24.2 Å². The molecule has 0 spiro atoms. The van der Waals surface area contributed by atoms with Gasteiger partial charge in [-0.15, -0.1) is 0 Å². The van der Waals surface area contributed by atoms with E-state index in [0.29, 0.717) is 24.3 Å². The van der Waals surface area contributed by atoms with Crippen LogP contribution in [0, 0.1) is 0 Å². The fraction of sp³-hybridized carbons (Fsp3) is 0.160. The van der Waals surface area contributed by atoms with Gasteiger partial charge in [0.25, 0.3) is 5.91 Å². The first-order valence-corrected chi connectivity index (χ1v) is 10.6. The number of hydrogen-bond acceptors (Lipinski definition) is 6. The van der Waals surface area contributed by atoms with Crippen molar-refractivity contribution in [1.82, 2.24) is 20.3 Å². The minimum absolute atomic E-state index is 0.109. The molecule has 166 valence electrons. The van der Waals surface area contributed by atoms with Gasteiger partial charge in [-0.2, -0.15) is 0 Å². The van der Waals surface area contributed by atoms with Gasteiger partial charge in [-0.05, 0) is 30.2 Å². The molecule has 0 saturated heterocycles. The Hall–Kier alpha value is -4.33. The fourth-order valence-corrected chi connectivity index (χ4v) is 3.64. The van der Waals surface area contributed by atoms with Crippen LogP contribution in [0.2, 0.25) is 0 Å². The Morgan fingerprint density at radius 2 is 1.79 bits per heavy atom. The van der Waals surface area contributed by atoms with E-state index in [1.54, 1.807) is 19.3 Å². The largest absolute Gasteiger partial charge is 0.370 e. The van der Waals surface area contributed by atoms with Gasteiger partial charge in [0.1, 0.15) is 12.1 Å². The molecule has 33 heavy (non-hydrogen) atoms. The Balaban J connectivity index is 1.46. The number of rotatable bonds is 7. The lowest BCUT2D eigenvalue weighted by Gasteiger charge is -2.10. The second kappa shape index (κ2) is 9.86. The summed E-state index contributed by atoms with van der Waals surface area (Å²) in [6.07, 6.45) is 3.90. The van der Waals surface area contributed by atoms with Crippen LogP contribution in [0.4, 0.5) is 11.5 Å². The molecule has 0 aliphatic rings. The summed E-state index contributed by atoms with van der Waals surface area (Å²) < 4.78 is 0. The molecule has 0 fully saturated rings. The second-order valence-electron chi connectivity index (χ2n) is 7.47. The molecule has 0 aliphatic carbocycles. The average molecular weight is 441 g/mol. The Bertz CT molecular complexity index is 1300. The van der Waals surface area contributed by atoms with Crippen LogP contribution in [0.5, 0.6) is 0 Å². The second-order valence-corrected chi connectivity index (χ2v) is 7.47. The van der Waals surface area contributed by atoms with Crippen molar-refractivity contribution in [3.05, 3.63) is 78.2 Å². The minimum atomic E-state index is -0.128. The number of anilines is 2. The fourth-order valence-electron chi connectivity index (χ4n) is 3.64. The third-order valence-corrected chi connectivity index (χ3v) is 5.19. The van der Waals surface area contributed by atoms with Gasteiger partial charge in [-0.1, -0.05) is 30.3 Å². The summed E-state index contributed by atoms with van der Waals surface area (Å²) in [5.74, 6) is 0.476. The van der Waals surface area contributed by atoms with Crippen LogP contribution in [0.15, 0.2) is 67.1 Å². The van der Waals surface area contributed by atoms with Gasteiger partial charge >= 0.3 is 0 Å². The number of nitrogens with one attached hydrogen (secondary N) is 3. The summed E-state index contributed by atoms with van der Waals surface area (Å²) in [7, 11) is 1.62. The summed E-state index contributed by atoms with van der Waals surface area (Å²) in [4.78, 5) is 36.5. The molecule has 2 amide bonds. The molecule has 8 heteroatoms. The highest BCUT2D eigenvalue weighted by Gasteiger charge is 2.11. The third kappa shape index (κ3) is 5.12. The van der Waals surface area contributed by atoms with Gasteiger partial charge in [0, 0.05) is 49.4 Å². The molecule has 0 radical (unpaired) electrons. The van der Waals surface area contributed by atoms with E-state index in [9.17, 15) is 9.59 Å². The standard InChI is InChI=1S/C25H24N6O2/c1-16(32)31-19-8-6-17(7-9-19)22-14-23(30-15-29-22)27-12-10-18-4-3-5-20-21(25(33)26-2)11-13-28-24(18)20/h3-9,11,13-15H,10,12H2,1-2H3,(H,26,33)(H,31,32)(H,27,29,30). The molecule has 2 heterocycles. The molecule has 2 aromatic carbocycles. The van der Waals surface area contributed by atoms with Gasteiger partial charge in [-0.25, -0.2) is 9.97 Å². The van der Waals surface area contributed by atoms with E-state index >= 15 is 0 Å². The van der Waals surface area contributed by atoms with Gasteiger partial charge in [-0.3, -0.25) is 14.6 Å². The summed E-state index contributed by atoms with van der Waals surface area (Å²) in [5.41, 5.74) is 4.93. The highest BCUT2D eigenvalue weighted by atomic mass is 16.2. The van der Waals surface area contributed by atoms with Gasteiger partial charge in [0.05, 0.1) is 16.8 Å². The number of carbonyl (C=O) groups excluding carboxylic acids is 2. The van der Waals surface area contributed by atoms with Crippen LogP contribution in [0.1, 0.15) is 22.8 Å². The van der Waals surface area contributed by atoms with Crippen molar-refractivity contribution in [2.45, 2.75) is 13.3 Å². The van der Waals surface area contributed by atoms with E-state index in [1.165, 1.54) is 13.3 Å². The van der Waals surface area contributed by atoms with E-state index in [4.69, 9.17) is 0 Å². The first-order valence-electron chi connectivity index (χ1n) is 10.6. The Kier molecular flexibility index (Phi) is 6.54. The quantitative estimate of drug-likeness (QED) is 0.405. The molecule has 8 nitrogen and oxygen atoms in total. The number of aromatic nitrogens is 3. The zero-order chi connectivity index (χ0) is 23.2. The van der Waals surface area contributed by atoms with Crippen molar-refractivity contribution in [2.24, 2.45) is 0 Å². The van der Waals surface area contributed by atoms with E-state index < -0.39 is 0 Å². The van der Waals surface area contributed by atoms with Crippen molar-refractivity contribution in [1.29, 1.82) is 0 Å². The van der Waals surface area contributed by atoms with Crippen molar-refractivity contribution in [3.8, 4) is 11.3 Å². The number of nitrogens with zero attached hydrogens (tertiary/aromatic N) is 3. The lowest BCUT2D eigenvalue weighted by atomic mass is 10.0. The van der Waals surface area contributed by atoms with Crippen molar-refractivity contribution >= 4 is 34.2 Å². The average Bonchev–Trinajstić information content (AvgIpc) is 2.83. The number of fused-ring (bicyclic) bond motifs is 1. The van der Waals surface area contributed by atoms with Crippen molar-refractivity contribution in [3.63, 3.8) is 0 Å². The van der Waals surface area contributed by atoms with E-state index in [0.717, 1.165) is 33.4 Å². The van der Waals surface area contributed by atoms with Crippen LogP contribution < -0.4 is 16.0 Å². The van der Waals surface area contributed by atoms with E-state index in [-0.39, 0.29) is 11.8 Å². The predicted octanol–water partition coefficient (Wildman–Crippen LogP) is 3.66. The minimum Gasteiger partial charge on any atom is -0.370 e. The van der Waals surface area contributed by atoms with Gasteiger partial charge < -0.3 is 16.0 Å². The number of hydrogen-bond donors (Lipinski definition) is 3. The van der Waals surface area contributed by atoms with Gasteiger partial charge in [0.15, 0.2) is 0 Å². The highest BCUT2D eigenvalue weighted by Crippen LogP contribution is 2.23. The summed E-state index contributed by atoms with van der Waals surface area (Å²) in [5, 5.41) is 9.60. The summed E-state index contributed by atoms with van der Waals surface area (Å²) in [6, 6.07) is 17.0.